The standard InChI is InChI=1S/C22H25N3O/c1-21(2)11-12-22(3,4)19-13-17(9-10-18(19)21)24-25-20(26)16-7-5-15(14-23)6-8-16/h5-10,13,24H,11-12H2,1-4H3,(H,25,26). The van der Waals surface area contributed by atoms with Crippen LogP contribution in [0.15, 0.2) is 42.5 Å². The molecule has 2 aromatic rings. The molecule has 134 valence electrons. The van der Waals surface area contributed by atoms with Gasteiger partial charge in [0.2, 0.25) is 0 Å². The molecule has 1 aliphatic rings. The van der Waals surface area contributed by atoms with Crippen molar-refractivity contribution in [1.29, 1.82) is 5.26 Å². The van der Waals surface area contributed by atoms with Crippen molar-refractivity contribution >= 4 is 11.6 Å². The van der Waals surface area contributed by atoms with Gasteiger partial charge in [-0.15, -0.1) is 0 Å². The van der Waals surface area contributed by atoms with Crippen molar-refractivity contribution in [2.24, 2.45) is 0 Å². The monoisotopic (exact) mass is 347 g/mol. The first kappa shape index (κ1) is 18.0. The lowest BCUT2D eigenvalue weighted by Gasteiger charge is -2.42. The maximum absolute atomic E-state index is 12.3. The van der Waals surface area contributed by atoms with Crippen LogP contribution in [0.5, 0.6) is 0 Å². The van der Waals surface area contributed by atoms with Gasteiger partial charge in [0.1, 0.15) is 0 Å². The number of carbonyl (C=O) groups is 1. The summed E-state index contributed by atoms with van der Waals surface area (Å²) in [5.74, 6) is -0.230. The van der Waals surface area contributed by atoms with Crippen LogP contribution >= 0.6 is 0 Å². The fourth-order valence-electron chi connectivity index (χ4n) is 3.56. The summed E-state index contributed by atoms with van der Waals surface area (Å²) in [6, 6.07) is 15.0. The number of benzene rings is 2. The van der Waals surface area contributed by atoms with E-state index in [0.717, 1.165) is 12.1 Å². The highest BCUT2D eigenvalue weighted by Crippen LogP contribution is 2.46. The van der Waals surface area contributed by atoms with E-state index in [0.29, 0.717) is 11.1 Å². The number of rotatable bonds is 3. The SMILES string of the molecule is CC1(C)CCC(C)(C)c2cc(NNC(=O)c3ccc(C#N)cc3)ccc21. The van der Waals surface area contributed by atoms with Crippen LogP contribution in [0.1, 0.15) is 67.6 Å². The summed E-state index contributed by atoms with van der Waals surface area (Å²) < 4.78 is 0. The van der Waals surface area contributed by atoms with E-state index < -0.39 is 0 Å². The fraction of sp³-hybridized carbons (Fsp3) is 0.364. The quantitative estimate of drug-likeness (QED) is 0.793. The minimum Gasteiger partial charge on any atom is -0.298 e. The van der Waals surface area contributed by atoms with Crippen LogP contribution in [-0.2, 0) is 10.8 Å². The molecule has 0 saturated carbocycles. The lowest BCUT2D eigenvalue weighted by Crippen LogP contribution is -2.34. The van der Waals surface area contributed by atoms with Gasteiger partial charge in [-0.2, -0.15) is 5.26 Å². The molecule has 4 nitrogen and oxygen atoms in total. The largest absolute Gasteiger partial charge is 0.298 e. The maximum Gasteiger partial charge on any atom is 0.269 e. The number of carbonyl (C=O) groups excluding carboxylic acids is 1. The first-order chi connectivity index (χ1) is 12.2. The molecule has 2 aromatic carbocycles. The molecule has 0 aromatic heterocycles. The second-order valence-corrected chi connectivity index (χ2v) is 8.30. The number of nitrogens with zero attached hydrogens (tertiary/aromatic N) is 1. The van der Waals surface area contributed by atoms with Crippen molar-refractivity contribution in [1.82, 2.24) is 5.43 Å². The van der Waals surface area contributed by atoms with E-state index >= 15 is 0 Å². The van der Waals surface area contributed by atoms with Crippen LogP contribution in [-0.4, -0.2) is 5.91 Å². The van der Waals surface area contributed by atoms with Crippen molar-refractivity contribution in [2.75, 3.05) is 5.43 Å². The Morgan fingerprint density at radius 1 is 0.962 bits per heavy atom. The lowest BCUT2D eigenvalue weighted by molar-refractivity contribution is 0.0962. The molecule has 1 amide bonds. The molecule has 0 unspecified atom stereocenters. The van der Waals surface area contributed by atoms with Gasteiger partial charge < -0.3 is 0 Å². The van der Waals surface area contributed by atoms with Crippen molar-refractivity contribution in [2.45, 2.75) is 51.4 Å². The van der Waals surface area contributed by atoms with Crippen LogP contribution in [0.4, 0.5) is 5.69 Å². The third-order valence-electron chi connectivity index (χ3n) is 5.45. The van der Waals surface area contributed by atoms with Crippen LogP contribution in [0, 0.1) is 11.3 Å². The Balaban J connectivity index is 1.77. The average Bonchev–Trinajstić information content (AvgIpc) is 2.63. The highest BCUT2D eigenvalue weighted by molar-refractivity contribution is 5.95. The van der Waals surface area contributed by atoms with Gasteiger partial charge in [0, 0.05) is 5.56 Å². The van der Waals surface area contributed by atoms with Crippen LogP contribution in [0.3, 0.4) is 0 Å². The van der Waals surface area contributed by atoms with E-state index in [9.17, 15) is 4.79 Å². The molecule has 0 spiro atoms. The Bertz CT molecular complexity index is 873. The Morgan fingerprint density at radius 3 is 2.19 bits per heavy atom. The van der Waals surface area contributed by atoms with E-state index in [1.807, 2.05) is 12.1 Å². The predicted octanol–water partition coefficient (Wildman–Crippen LogP) is 4.66. The summed E-state index contributed by atoms with van der Waals surface area (Å²) in [7, 11) is 0. The van der Waals surface area contributed by atoms with Crippen molar-refractivity contribution in [3.63, 3.8) is 0 Å². The zero-order valence-electron chi connectivity index (χ0n) is 15.8. The minimum absolute atomic E-state index is 0.125. The Labute approximate surface area is 155 Å². The zero-order valence-corrected chi connectivity index (χ0v) is 15.8. The molecule has 1 aliphatic carbocycles. The average molecular weight is 347 g/mol. The third kappa shape index (κ3) is 3.43. The number of fused-ring (bicyclic) bond motifs is 1. The zero-order chi connectivity index (χ0) is 18.9. The summed E-state index contributed by atoms with van der Waals surface area (Å²) in [4.78, 5) is 12.3. The van der Waals surface area contributed by atoms with Crippen molar-refractivity contribution in [3.05, 3.63) is 64.7 Å². The van der Waals surface area contributed by atoms with Gasteiger partial charge in [-0.1, -0.05) is 33.8 Å². The van der Waals surface area contributed by atoms with Gasteiger partial charge in [-0.05, 0) is 71.2 Å². The van der Waals surface area contributed by atoms with Gasteiger partial charge in [-0.25, -0.2) is 0 Å². The predicted molar refractivity (Wildman–Crippen MR) is 104 cm³/mol. The molecule has 0 heterocycles. The maximum atomic E-state index is 12.3. The normalized spacial score (nSPS) is 16.9. The van der Waals surface area contributed by atoms with Crippen LogP contribution in [0.25, 0.3) is 0 Å². The molecule has 0 fully saturated rings. The topological polar surface area (TPSA) is 64.9 Å². The molecule has 3 rings (SSSR count). The lowest BCUT2D eigenvalue weighted by atomic mass is 9.63. The first-order valence-corrected chi connectivity index (χ1v) is 8.94. The first-order valence-electron chi connectivity index (χ1n) is 8.94. The Hall–Kier alpha value is -2.80. The molecule has 0 saturated heterocycles. The Morgan fingerprint density at radius 2 is 1.58 bits per heavy atom. The molecule has 26 heavy (non-hydrogen) atoms. The van der Waals surface area contributed by atoms with Gasteiger partial charge in [0.05, 0.1) is 17.3 Å². The molecular weight excluding hydrogens is 322 g/mol. The summed E-state index contributed by atoms with van der Waals surface area (Å²) in [6.45, 7) is 9.14. The summed E-state index contributed by atoms with van der Waals surface area (Å²) >= 11 is 0. The van der Waals surface area contributed by atoms with E-state index in [1.165, 1.54) is 17.5 Å². The molecule has 0 radical (unpaired) electrons. The number of hydrogen-bond acceptors (Lipinski definition) is 3. The molecular formula is C22H25N3O. The van der Waals surface area contributed by atoms with Crippen LogP contribution in [0.2, 0.25) is 0 Å². The second-order valence-electron chi connectivity index (χ2n) is 8.30. The van der Waals surface area contributed by atoms with E-state index in [2.05, 4.69) is 50.7 Å². The summed E-state index contributed by atoms with van der Waals surface area (Å²) in [6.07, 6.45) is 2.32. The number of amides is 1. The third-order valence-corrected chi connectivity index (χ3v) is 5.45. The van der Waals surface area contributed by atoms with Crippen molar-refractivity contribution in [3.8, 4) is 6.07 Å². The Kier molecular flexibility index (Phi) is 4.50. The molecule has 0 bridgehead atoms. The van der Waals surface area contributed by atoms with Gasteiger partial charge >= 0.3 is 0 Å². The highest BCUT2D eigenvalue weighted by atomic mass is 16.2. The number of nitrogens with one attached hydrogen (secondary N) is 2. The van der Waals surface area contributed by atoms with E-state index in [1.54, 1.807) is 24.3 Å². The van der Waals surface area contributed by atoms with E-state index in [4.69, 9.17) is 5.26 Å². The fourth-order valence-corrected chi connectivity index (χ4v) is 3.56. The summed E-state index contributed by atoms with van der Waals surface area (Å²) in [5, 5.41) is 8.83. The minimum atomic E-state index is -0.230. The highest BCUT2D eigenvalue weighted by Gasteiger charge is 2.36. The molecule has 2 N–H and O–H groups in total. The van der Waals surface area contributed by atoms with E-state index in [-0.39, 0.29) is 16.7 Å². The molecule has 0 aliphatic heterocycles. The number of hydrazine groups is 1. The second kappa shape index (κ2) is 6.49. The van der Waals surface area contributed by atoms with Gasteiger partial charge in [-0.3, -0.25) is 15.6 Å². The van der Waals surface area contributed by atoms with Crippen LogP contribution < -0.4 is 10.9 Å². The summed E-state index contributed by atoms with van der Waals surface area (Å²) in [5.41, 5.74) is 10.7. The molecule has 0 atom stereocenters. The smallest absolute Gasteiger partial charge is 0.269 e. The van der Waals surface area contributed by atoms with Gasteiger partial charge in [0.15, 0.2) is 0 Å². The van der Waals surface area contributed by atoms with Gasteiger partial charge in [0.25, 0.3) is 5.91 Å². The number of anilines is 1. The number of nitriles is 1. The molecule has 4 heteroatoms. The van der Waals surface area contributed by atoms with Crippen molar-refractivity contribution < 1.29 is 4.79 Å². The number of hydrogen-bond donors (Lipinski definition) is 2.